The Balaban J connectivity index is 0.914. The lowest BCUT2D eigenvalue weighted by Gasteiger charge is -2.37. The Morgan fingerprint density at radius 3 is 1.63 bits per heavy atom. The Labute approximate surface area is 526 Å². The molecule has 4 aromatic heterocycles. The third-order valence-electron chi connectivity index (χ3n) is 15.7. The normalized spacial score (nSPS) is 22.2. The van der Waals surface area contributed by atoms with E-state index in [0.717, 1.165) is 14.7 Å². The summed E-state index contributed by atoms with van der Waals surface area (Å²) in [5, 5.41) is 2.62. The lowest BCUT2D eigenvalue weighted by molar-refractivity contribution is -0.153. The smallest absolute Gasteiger partial charge is 0.330 e. The maximum atomic E-state index is 13.4. The number of amides is 1. The first-order chi connectivity index (χ1) is 44.1. The van der Waals surface area contributed by atoms with Crippen LogP contribution >= 0.6 is 17.2 Å². The maximum Gasteiger partial charge on any atom is 0.330 e. The third-order valence-corrected chi connectivity index (χ3v) is 17.4. The number of Topliss-reactive ketones (excluding diaryl/α,β-unsaturated/α-hetero) is 1. The van der Waals surface area contributed by atoms with Crippen molar-refractivity contribution >= 4 is 52.0 Å². The monoisotopic (exact) mass is 1310 g/mol. The summed E-state index contributed by atoms with van der Waals surface area (Å²) in [5.41, 5.74) is -2.38. The zero-order valence-electron chi connectivity index (χ0n) is 50.9. The number of esters is 1. The number of fused-ring (bicyclic) bond motifs is 1. The highest BCUT2D eigenvalue weighted by atomic mass is 31.2. The number of benzene rings is 3. The van der Waals surface area contributed by atoms with Crippen LogP contribution in [0.25, 0.3) is 11.2 Å². The van der Waals surface area contributed by atoms with Crippen molar-refractivity contribution in [3.8, 4) is 11.5 Å². The van der Waals surface area contributed by atoms with Crippen molar-refractivity contribution in [1.82, 2.24) is 38.6 Å². The Morgan fingerprint density at radius 2 is 1.13 bits per heavy atom. The maximum absolute atomic E-state index is 13.4. The van der Waals surface area contributed by atoms with E-state index in [1.807, 2.05) is 78.9 Å². The van der Waals surface area contributed by atoms with Gasteiger partial charge in [-0.15, -0.1) is 0 Å². The minimum absolute atomic E-state index is 0.0344. The molecule has 7 aromatic rings. The number of aryl methyl sites for hydroxylation is 2. The van der Waals surface area contributed by atoms with Crippen molar-refractivity contribution < 1.29 is 75.4 Å². The Morgan fingerprint density at radius 1 is 0.652 bits per heavy atom. The standard InChI is InChI=1S/C60H69N9O21P2/c1-32(2)53(72)63-57-62-52-51(56(75)64-57)61-31-69(52)49-25-42(44(85-49)28-82-60(36-11-9-8-10-12-36,37-14-18-39(80-6)19-15-37)38-16-20-40(81-7)21-17-38)89-92(79)84-30-46-43(24-48(87-46)68-27-34(4)55(74)66-59(68)77)90-91(78)83-29-45-41(88-50(71)22-13-35(5)70)23-47(86-45)67-26-33(3)54(73)65-58(67)76/h8-12,14-21,26-27,31-32,41-49,78-79H,13,22-25,28-30H2,1-7H3,(H,65,73,76)(H,66,74,77)(H2,62,63,64,72,75)/t41-,42-,43-,44+,45+,46+,47+,48+,49+,91?,92?/m0/s1. The zero-order chi connectivity index (χ0) is 65.5. The molecule has 3 aliphatic heterocycles. The fourth-order valence-corrected chi connectivity index (χ4v) is 12.4. The molecule has 0 bridgehead atoms. The fraction of sp³-hybridized carbons (Fsp3) is 0.433. The summed E-state index contributed by atoms with van der Waals surface area (Å²) in [6.45, 7) is 6.44. The van der Waals surface area contributed by atoms with E-state index in [1.165, 1.54) is 44.1 Å². The summed E-state index contributed by atoms with van der Waals surface area (Å²) in [4.78, 5) is 141. The van der Waals surface area contributed by atoms with E-state index in [1.54, 1.807) is 28.1 Å². The Kier molecular flexibility index (Phi) is 21.3. The number of ketones is 1. The van der Waals surface area contributed by atoms with Gasteiger partial charge in [-0.1, -0.05) is 68.4 Å². The highest BCUT2D eigenvalue weighted by Crippen LogP contribution is 2.48. The molecule has 92 heavy (non-hydrogen) atoms. The number of methoxy groups -OCH3 is 2. The van der Waals surface area contributed by atoms with E-state index in [4.69, 9.17) is 51.3 Å². The van der Waals surface area contributed by atoms with Crippen molar-refractivity contribution in [3.63, 3.8) is 0 Å². The second-order valence-corrected chi connectivity index (χ2v) is 24.2. The first-order valence-electron chi connectivity index (χ1n) is 29.2. The summed E-state index contributed by atoms with van der Waals surface area (Å²) in [6, 6.07) is 24.2. The largest absolute Gasteiger partial charge is 0.497 e. The second-order valence-electron chi connectivity index (χ2n) is 22.3. The minimum atomic E-state index is -2.91. The molecule has 30 nitrogen and oxygen atoms in total. The number of hydrogen-bond acceptors (Lipinski definition) is 23. The van der Waals surface area contributed by atoms with Gasteiger partial charge in [0.25, 0.3) is 16.7 Å². The van der Waals surface area contributed by atoms with Gasteiger partial charge in [0.15, 0.2) is 11.2 Å². The van der Waals surface area contributed by atoms with Crippen LogP contribution in [0.5, 0.6) is 11.5 Å². The van der Waals surface area contributed by atoms with Gasteiger partial charge >= 0.3 is 34.6 Å². The van der Waals surface area contributed by atoms with Crippen molar-refractivity contribution in [3.05, 3.63) is 177 Å². The highest BCUT2D eigenvalue weighted by Gasteiger charge is 2.47. The van der Waals surface area contributed by atoms with Gasteiger partial charge < -0.3 is 65.8 Å². The van der Waals surface area contributed by atoms with Crippen LogP contribution in [-0.2, 0) is 61.8 Å². The molecule has 0 saturated carbocycles. The van der Waals surface area contributed by atoms with Crippen LogP contribution in [0.4, 0.5) is 5.95 Å². The Bertz CT molecular complexity index is 4020. The number of anilines is 1. The first kappa shape index (κ1) is 66.9. The Hall–Kier alpha value is -7.96. The third kappa shape index (κ3) is 15.2. The van der Waals surface area contributed by atoms with Gasteiger partial charge in [0.2, 0.25) is 11.9 Å². The van der Waals surface area contributed by atoms with E-state index in [9.17, 15) is 48.1 Å². The van der Waals surface area contributed by atoms with E-state index < -0.39 is 137 Å². The average Bonchev–Trinajstić information content (AvgIpc) is 0.780. The molecule has 2 unspecified atom stereocenters. The number of nitrogens with zero attached hydrogens (tertiary/aromatic N) is 5. The molecule has 7 heterocycles. The van der Waals surface area contributed by atoms with Gasteiger partial charge in [-0.25, -0.2) is 14.6 Å². The van der Waals surface area contributed by atoms with Crippen LogP contribution < -0.4 is 42.8 Å². The number of rotatable bonds is 27. The van der Waals surface area contributed by atoms with Crippen molar-refractivity contribution in [2.24, 2.45) is 5.92 Å². The van der Waals surface area contributed by atoms with Crippen molar-refractivity contribution in [1.29, 1.82) is 0 Å². The summed E-state index contributed by atoms with van der Waals surface area (Å²) in [6.07, 6.45) is -6.55. The van der Waals surface area contributed by atoms with Crippen molar-refractivity contribution in [2.45, 2.75) is 128 Å². The lowest BCUT2D eigenvalue weighted by Crippen LogP contribution is -2.38. The van der Waals surface area contributed by atoms with Crippen LogP contribution in [0, 0.1) is 19.8 Å². The summed E-state index contributed by atoms with van der Waals surface area (Å²) in [7, 11) is -2.68. The number of carbonyl (C=O) groups excluding carboxylic acids is 3. The fourth-order valence-electron chi connectivity index (χ4n) is 10.8. The molecule has 1 amide bonds. The number of aromatic amines is 3. The van der Waals surface area contributed by atoms with Gasteiger partial charge in [0, 0.05) is 55.1 Å². The minimum Gasteiger partial charge on any atom is -0.497 e. The van der Waals surface area contributed by atoms with Crippen molar-refractivity contribution in [2.75, 3.05) is 39.4 Å². The average molecular weight is 1310 g/mol. The van der Waals surface area contributed by atoms with E-state index in [0.29, 0.717) is 22.6 Å². The molecule has 32 heteroatoms. The number of ether oxygens (including phenoxy) is 7. The summed E-state index contributed by atoms with van der Waals surface area (Å²) < 4.78 is 71.4. The molecule has 3 aliphatic rings. The molecule has 490 valence electrons. The number of H-pyrrole nitrogens is 3. The molecule has 3 fully saturated rings. The van der Waals surface area contributed by atoms with Crippen LogP contribution in [0.15, 0.2) is 122 Å². The van der Waals surface area contributed by atoms with Gasteiger partial charge in [-0.3, -0.25) is 57.9 Å². The predicted octanol–water partition coefficient (Wildman–Crippen LogP) is 4.84. The zero-order valence-corrected chi connectivity index (χ0v) is 52.7. The molecular weight excluding hydrogens is 1240 g/mol. The van der Waals surface area contributed by atoms with Gasteiger partial charge in [-0.05, 0) is 61.7 Å². The molecule has 10 rings (SSSR count). The highest BCUT2D eigenvalue weighted by molar-refractivity contribution is 7.40. The lowest BCUT2D eigenvalue weighted by atomic mass is 9.80. The molecule has 3 aromatic carbocycles. The molecule has 3 saturated heterocycles. The number of hydrogen-bond donors (Lipinski definition) is 6. The molecule has 11 atom stereocenters. The second kappa shape index (κ2) is 29.3. The van der Waals surface area contributed by atoms with Gasteiger partial charge in [0.05, 0.1) is 59.0 Å². The number of aromatic nitrogens is 8. The van der Waals surface area contributed by atoms with Gasteiger partial charge in [-0.2, -0.15) is 4.98 Å². The van der Waals surface area contributed by atoms with Crippen LogP contribution in [-0.4, -0.2) is 137 Å². The molecule has 0 aliphatic carbocycles. The van der Waals surface area contributed by atoms with Crippen LogP contribution in [0.3, 0.4) is 0 Å². The summed E-state index contributed by atoms with van der Waals surface area (Å²) >= 11 is 0. The quantitative estimate of drug-likeness (QED) is 0.0228. The first-order valence-corrected chi connectivity index (χ1v) is 31.5. The van der Waals surface area contributed by atoms with Gasteiger partial charge in [0.1, 0.15) is 66.0 Å². The molecular formula is C60H69N9O21P2. The molecule has 0 spiro atoms. The van der Waals surface area contributed by atoms with Crippen LogP contribution in [0.1, 0.15) is 99.4 Å². The number of nitrogens with one attached hydrogen (secondary N) is 4. The van der Waals surface area contributed by atoms with E-state index >= 15 is 0 Å². The van der Waals surface area contributed by atoms with Crippen LogP contribution in [0.2, 0.25) is 0 Å². The van der Waals surface area contributed by atoms with E-state index in [2.05, 4.69) is 30.2 Å². The number of carbonyl (C=O) groups is 3. The topological polar surface area (TPSA) is 379 Å². The van der Waals surface area contributed by atoms with E-state index in [-0.39, 0.29) is 72.7 Å². The number of imidazole rings is 1. The molecule has 6 N–H and O–H groups in total. The SMILES string of the molecule is COc1ccc(C(OC[C@H]2O[C@@H](n3cnc4c(=O)[nH]c(NC(=O)C(C)C)nc43)C[C@@H]2OP(O)OC[C@H]2O[C@@H](n3cc(C)c(=O)[nH]c3=O)C[C@@H]2OP(O)OC[C@H]2O[C@@H](n3cc(C)c(=O)[nH]c3=O)C[C@@H]2OC(=O)CCC(C)=O)(c2ccccc2)c2ccc(OC)cc2)cc1. The molecule has 0 radical (unpaired) electrons. The predicted molar refractivity (Wildman–Crippen MR) is 327 cm³/mol. The summed E-state index contributed by atoms with van der Waals surface area (Å²) in [5.74, 6) is -0.787.